The Morgan fingerprint density at radius 1 is 1.52 bits per heavy atom. The quantitative estimate of drug-likeness (QED) is 0.894. The molecule has 1 N–H and O–H groups in total. The summed E-state index contributed by atoms with van der Waals surface area (Å²) in [4.78, 5) is 24.0. The summed E-state index contributed by atoms with van der Waals surface area (Å²) in [5.41, 5.74) is 2.86. The zero-order valence-electron chi connectivity index (χ0n) is 12.0. The number of piperazine rings is 1. The van der Waals surface area contributed by atoms with Gasteiger partial charge in [-0.1, -0.05) is 5.16 Å². The lowest BCUT2D eigenvalue weighted by molar-refractivity contribution is -0.129. The molecular weight excluding hydrogens is 290 g/mol. The van der Waals surface area contributed by atoms with E-state index in [1.807, 2.05) is 12.4 Å². The van der Waals surface area contributed by atoms with E-state index in [1.165, 1.54) is 4.88 Å². The van der Waals surface area contributed by atoms with Crippen LogP contribution >= 0.6 is 11.3 Å². The van der Waals surface area contributed by atoms with E-state index in [0.29, 0.717) is 24.7 Å². The summed E-state index contributed by atoms with van der Waals surface area (Å²) in [6, 6.07) is -0.278. The Morgan fingerprint density at radius 2 is 2.38 bits per heavy atom. The molecule has 1 fully saturated rings. The monoisotopic (exact) mass is 307 g/mol. The SMILES string of the molecule is Cc1noc(CC2C(=O)NCCN2Cc2scnc2C)n1. The van der Waals surface area contributed by atoms with E-state index in [1.54, 1.807) is 18.3 Å². The first-order valence-electron chi connectivity index (χ1n) is 6.83. The van der Waals surface area contributed by atoms with Gasteiger partial charge in [0.15, 0.2) is 5.82 Å². The number of thiazole rings is 1. The molecule has 7 nitrogen and oxygen atoms in total. The van der Waals surface area contributed by atoms with Crippen LogP contribution in [-0.4, -0.2) is 45.1 Å². The molecule has 0 saturated carbocycles. The second-order valence-electron chi connectivity index (χ2n) is 5.08. The molecule has 0 spiro atoms. The molecule has 21 heavy (non-hydrogen) atoms. The van der Waals surface area contributed by atoms with E-state index in [9.17, 15) is 4.79 Å². The highest BCUT2D eigenvalue weighted by Gasteiger charge is 2.32. The van der Waals surface area contributed by atoms with Crippen LogP contribution in [0.25, 0.3) is 0 Å². The fraction of sp³-hybridized carbons (Fsp3) is 0.538. The number of carbonyl (C=O) groups excluding carboxylic acids is 1. The molecule has 8 heteroatoms. The van der Waals surface area contributed by atoms with Crippen molar-refractivity contribution in [1.29, 1.82) is 0 Å². The van der Waals surface area contributed by atoms with E-state index in [0.717, 1.165) is 18.8 Å². The lowest BCUT2D eigenvalue weighted by Crippen LogP contribution is -2.55. The molecule has 1 aliphatic heterocycles. The van der Waals surface area contributed by atoms with Gasteiger partial charge in [-0.2, -0.15) is 4.98 Å². The highest BCUT2D eigenvalue weighted by atomic mass is 32.1. The fourth-order valence-electron chi connectivity index (χ4n) is 2.42. The lowest BCUT2D eigenvalue weighted by atomic mass is 10.1. The lowest BCUT2D eigenvalue weighted by Gasteiger charge is -2.34. The average molecular weight is 307 g/mol. The van der Waals surface area contributed by atoms with Crippen molar-refractivity contribution in [3.8, 4) is 0 Å². The van der Waals surface area contributed by atoms with Crippen LogP contribution in [-0.2, 0) is 17.8 Å². The largest absolute Gasteiger partial charge is 0.353 e. The van der Waals surface area contributed by atoms with Crippen LogP contribution in [0.1, 0.15) is 22.3 Å². The molecule has 1 atom stereocenters. The van der Waals surface area contributed by atoms with Gasteiger partial charge in [0.25, 0.3) is 0 Å². The summed E-state index contributed by atoms with van der Waals surface area (Å²) < 4.78 is 5.15. The first kappa shape index (κ1) is 14.2. The van der Waals surface area contributed by atoms with Gasteiger partial charge in [-0.15, -0.1) is 11.3 Å². The van der Waals surface area contributed by atoms with Crippen LogP contribution in [0.3, 0.4) is 0 Å². The normalized spacial score (nSPS) is 19.7. The molecule has 3 rings (SSSR count). The molecule has 3 heterocycles. The number of amides is 1. The molecule has 0 radical (unpaired) electrons. The van der Waals surface area contributed by atoms with Crippen LogP contribution in [0.2, 0.25) is 0 Å². The van der Waals surface area contributed by atoms with E-state index >= 15 is 0 Å². The van der Waals surface area contributed by atoms with Crippen molar-refractivity contribution in [3.05, 3.63) is 27.8 Å². The van der Waals surface area contributed by atoms with Crippen molar-refractivity contribution in [1.82, 2.24) is 25.3 Å². The maximum absolute atomic E-state index is 12.2. The Hall–Kier alpha value is -1.80. The summed E-state index contributed by atoms with van der Waals surface area (Å²) in [6.07, 6.45) is 0.435. The Labute approximate surface area is 126 Å². The third-order valence-corrected chi connectivity index (χ3v) is 4.49. The minimum absolute atomic E-state index is 0.0132. The molecule has 2 aromatic heterocycles. The summed E-state index contributed by atoms with van der Waals surface area (Å²) in [6.45, 7) is 5.96. The molecule has 1 amide bonds. The Balaban J connectivity index is 1.76. The smallest absolute Gasteiger partial charge is 0.237 e. The average Bonchev–Trinajstić information content (AvgIpc) is 3.03. The molecule has 1 aliphatic rings. The third-order valence-electron chi connectivity index (χ3n) is 3.57. The Morgan fingerprint density at radius 3 is 3.05 bits per heavy atom. The van der Waals surface area contributed by atoms with Crippen molar-refractivity contribution >= 4 is 17.2 Å². The number of nitrogens with one attached hydrogen (secondary N) is 1. The van der Waals surface area contributed by atoms with E-state index in [-0.39, 0.29) is 11.9 Å². The minimum atomic E-state index is -0.278. The summed E-state index contributed by atoms with van der Waals surface area (Å²) >= 11 is 1.62. The number of carbonyl (C=O) groups is 1. The molecular formula is C13H17N5O2S. The van der Waals surface area contributed by atoms with E-state index < -0.39 is 0 Å². The summed E-state index contributed by atoms with van der Waals surface area (Å²) in [5.74, 6) is 1.10. The highest BCUT2D eigenvalue weighted by molar-refractivity contribution is 7.09. The minimum Gasteiger partial charge on any atom is -0.353 e. The predicted octanol–water partition coefficient (Wildman–Crippen LogP) is 0.686. The maximum atomic E-state index is 12.2. The van der Waals surface area contributed by atoms with E-state index in [2.05, 4.69) is 25.3 Å². The molecule has 0 aromatic carbocycles. The van der Waals surface area contributed by atoms with Crippen molar-refractivity contribution in [2.75, 3.05) is 13.1 Å². The van der Waals surface area contributed by atoms with Gasteiger partial charge in [-0.25, -0.2) is 4.98 Å². The number of hydrogen-bond acceptors (Lipinski definition) is 7. The fourth-order valence-corrected chi connectivity index (χ4v) is 3.23. The molecule has 1 saturated heterocycles. The number of aromatic nitrogens is 3. The van der Waals surface area contributed by atoms with E-state index in [4.69, 9.17) is 4.52 Å². The van der Waals surface area contributed by atoms with Crippen molar-refractivity contribution < 1.29 is 9.32 Å². The zero-order valence-corrected chi connectivity index (χ0v) is 12.8. The van der Waals surface area contributed by atoms with Crippen LogP contribution in [0, 0.1) is 13.8 Å². The second kappa shape index (κ2) is 5.90. The number of hydrogen-bond donors (Lipinski definition) is 1. The van der Waals surface area contributed by atoms with Crippen LogP contribution in [0.4, 0.5) is 0 Å². The zero-order chi connectivity index (χ0) is 14.8. The number of rotatable bonds is 4. The van der Waals surface area contributed by atoms with Crippen LogP contribution in [0.15, 0.2) is 10.0 Å². The number of aryl methyl sites for hydroxylation is 2. The Kier molecular flexibility index (Phi) is 3.98. The van der Waals surface area contributed by atoms with Gasteiger partial charge in [0.2, 0.25) is 11.8 Å². The van der Waals surface area contributed by atoms with Crippen molar-refractivity contribution in [2.24, 2.45) is 0 Å². The summed E-state index contributed by atoms with van der Waals surface area (Å²) in [5, 5.41) is 6.68. The van der Waals surface area contributed by atoms with Gasteiger partial charge in [-0.3, -0.25) is 9.69 Å². The van der Waals surface area contributed by atoms with Gasteiger partial charge in [-0.05, 0) is 13.8 Å². The maximum Gasteiger partial charge on any atom is 0.237 e. The van der Waals surface area contributed by atoms with Crippen molar-refractivity contribution in [2.45, 2.75) is 32.9 Å². The molecule has 0 aliphatic carbocycles. The van der Waals surface area contributed by atoms with Gasteiger partial charge in [0.05, 0.1) is 23.7 Å². The number of nitrogens with zero attached hydrogens (tertiary/aromatic N) is 4. The molecule has 2 aromatic rings. The van der Waals surface area contributed by atoms with Crippen LogP contribution < -0.4 is 5.32 Å². The van der Waals surface area contributed by atoms with Crippen LogP contribution in [0.5, 0.6) is 0 Å². The third kappa shape index (κ3) is 3.11. The topological polar surface area (TPSA) is 84.2 Å². The highest BCUT2D eigenvalue weighted by Crippen LogP contribution is 2.19. The second-order valence-corrected chi connectivity index (χ2v) is 6.02. The van der Waals surface area contributed by atoms with Gasteiger partial charge in [0, 0.05) is 24.5 Å². The first-order chi connectivity index (χ1) is 10.1. The molecule has 112 valence electrons. The predicted molar refractivity (Wildman–Crippen MR) is 76.8 cm³/mol. The molecule has 0 bridgehead atoms. The summed E-state index contributed by atoms with van der Waals surface area (Å²) in [7, 11) is 0. The van der Waals surface area contributed by atoms with Crippen molar-refractivity contribution in [3.63, 3.8) is 0 Å². The van der Waals surface area contributed by atoms with Gasteiger partial charge < -0.3 is 9.84 Å². The first-order valence-corrected chi connectivity index (χ1v) is 7.71. The van der Waals surface area contributed by atoms with Gasteiger partial charge in [0.1, 0.15) is 0 Å². The molecule has 1 unspecified atom stereocenters. The Bertz CT molecular complexity index is 638. The standard InChI is InChI=1S/C13H17N5O2S/c1-8-11(21-7-15-8)6-18-4-3-14-13(19)10(18)5-12-16-9(2)17-20-12/h7,10H,3-6H2,1-2H3,(H,14,19). The van der Waals surface area contributed by atoms with Gasteiger partial charge >= 0.3 is 0 Å².